The van der Waals surface area contributed by atoms with E-state index in [9.17, 15) is 14.4 Å². The number of aryl methyl sites for hydroxylation is 1. The van der Waals surface area contributed by atoms with Crippen molar-refractivity contribution in [3.8, 4) is 0 Å². The number of carbonyl (C=O) groups is 3. The summed E-state index contributed by atoms with van der Waals surface area (Å²) in [4.78, 5) is 46.6. The lowest BCUT2D eigenvalue weighted by molar-refractivity contribution is -0.143. The Labute approximate surface area is 171 Å². The van der Waals surface area contributed by atoms with Gasteiger partial charge in [0.15, 0.2) is 5.82 Å². The summed E-state index contributed by atoms with van der Waals surface area (Å²) < 4.78 is 5.00. The van der Waals surface area contributed by atoms with Crippen molar-refractivity contribution in [2.45, 2.75) is 58.9 Å². The van der Waals surface area contributed by atoms with Crippen LogP contribution >= 0.6 is 0 Å². The molecule has 0 bridgehead atoms. The Morgan fingerprint density at radius 2 is 1.83 bits per heavy atom. The molecule has 1 aromatic rings. The van der Waals surface area contributed by atoms with Crippen LogP contribution in [0, 0.1) is 12.8 Å². The fourth-order valence-corrected chi connectivity index (χ4v) is 4.37. The van der Waals surface area contributed by atoms with Crippen LogP contribution in [0.3, 0.4) is 0 Å². The number of likely N-dealkylation sites (tertiary alicyclic amines) is 2. The Bertz CT molecular complexity index is 741. The van der Waals surface area contributed by atoms with Gasteiger partial charge in [0, 0.05) is 71.9 Å². The van der Waals surface area contributed by atoms with Gasteiger partial charge in [-0.15, -0.1) is 0 Å². The smallest absolute Gasteiger partial charge is 0.225 e. The molecule has 160 valence electrons. The highest BCUT2D eigenvalue weighted by molar-refractivity contribution is 5.80. The Morgan fingerprint density at radius 3 is 2.41 bits per heavy atom. The molecule has 2 aliphatic rings. The third-order valence-corrected chi connectivity index (χ3v) is 5.99. The zero-order chi connectivity index (χ0) is 21.0. The number of nitrogens with zero attached hydrogens (tertiary/aromatic N) is 5. The van der Waals surface area contributed by atoms with Gasteiger partial charge in [-0.05, 0) is 25.7 Å². The van der Waals surface area contributed by atoms with E-state index in [0.717, 1.165) is 19.4 Å². The van der Waals surface area contributed by atoms with Crippen LogP contribution in [0.2, 0.25) is 0 Å². The summed E-state index contributed by atoms with van der Waals surface area (Å²) in [7, 11) is 0. The third kappa shape index (κ3) is 5.33. The molecule has 2 aliphatic heterocycles. The molecule has 3 amide bonds. The van der Waals surface area contributed by atoms with E-state index >= 15 is 0 Å². The second kappa shape index (κ2) is 9.37. The molecule has 0 N–H and O–H groups in total. The molecular weight excluding hydrogens is 374 g/mol. The molecule has 0 aromatic carbocycles. The molecule has 0 radical (unpaired) electrons. The van der Waals surface area contributed by atoms with Crippen molar-refractivity contribution in [2.75, 3.05) is 32.7 Å². The fourth-order valence-electron chi connectivity index (χ4n) is 4.37. The van der Waals surface area contributed by atoms with E-state index in [1.165, 1.54) is 0 Å². The largest absolute Gasteiger partial charge is 0.343 e. The van der Waals surface area contributed by atoms with Gasteiger partial charge in [-0.1, -0.05) is 5.16 Å². The van der Waals surface area contributed by atoms with Crippen LogP contribution in [-0.2, 0) is 20.8 Å². The van der Waals surface area contributed by atoms with Crippen molar-refractivity contribution < 1.29 is 18.9 Å². The van der Waals surface area contributed by atoms with Gasteiger partial charge in [0.25, 0.3) is 0 Å². The van der Waals surface area contributed by atoms with E-state index in [1.807, 2.05) is 9.80 Å². The number of aromatic nitrogens is 2. The molecule has 2 fully saturated rings. The molecule has 29 heavy (non-hydrogen) atoms. The number of hydrogen-bond acceptors (Lipinski definition) is 6. The first-order valence-electron chi connectivity index (χ1n) is 10.5. The number of piperidine rings is 2. The normalized spacial score (nSPS) is 20.6. The molecular formula is C20H31N5O4. The van der Waals surface area contributed by atoms with Crippen molar-refractivity contribution in [1.82, 2.24) is 24.8 Å². The lowest BCUT2D eigenvalue weighted by Gasteiger charge is -2.41. The van der Waals surface area contributed by atoms with Crippen molar-refractivity contribution in [2.24, 2.45) is 5.92 Å². The molecule has 9 heteroatoms. The summed E-state index contributed by atoms with van der Waals surface area (Å²) in [5.74, 6) is 1.31. The number of carbonyl (C=O) groups excluding carboxylic acids is 3. The number of rotatable bonds is 5. The van der Waals surface area contributed by atoms with E-state index in [-0.39, 0.29) is 29.7 Å². The maximum atomic E-state index is 13.0. The number of hydrogen-bond donors (Lipinski definition) is 0. The first kappa shape index (κ1) is 21.3. The van der Waals surface area contributed by atoms with E-state index in [0.29, 0.717) is 57.2 Å². The molecule has 0 aliphatic carbocycles. The fraction of sp³-hybridized carbons (Fsp3) is 0.750. The van der Waals surface area contributed by atoms with Gasteiger partial charge >= 0.3 is 0 Å². The predicted molar refractivity (Wildman–Crippen MR) is 105 cm³/mol. The highest BCUT2D eigenvalue weighted by Crippen LogP contribution is 2.24. The van der Waals surface area contributed by atoms with Crippen LogP contribution in [0.4, 0.5) is 0 Å². The molecule has 9 nitrogen and oxygen atoms in total. The summed E-state index contributed by atoms with van der Waals surface area (Å²) in [6.07, 6.45) is 3.73. The lowest BCUT2D eigenvalue weighted by Crippen LogP contribution is -2.53. The SMILES string of the molecule is CC(=O)N1CCC(C(=O)N2CCCC(N(CCc3noc(C)n3)C(C)=O)C2)CC1. The first-order valence-corrected chi connectivity index (χ1v) is 10.5. The molecule has 1 unspecified atom stereocenters. The summed E-state index contributed by atoms with van der Waals surface area (Å²) in [6, 6.07) is 0.00973. The van der Waals surface area contributed by atoms with Crippen molar-refractivity contribution in [1.29, 1.82) is 0 Å². The number of amides is 3. The monoisotopic (exact) mass is 405 g/mol. The maximum absolute atomic E-state index is 13.0. The van der Waals surface area contributed by atoms with Crippen molar-refractivity contribution in [3.63, 3.8) is 0 Å². The molecule has 1 aromatic heterocycles. The Hall–Kier alpha value is -2.45. The van der Waals surface area contributed by atoms with E-state index < -0.39 is 0 Å². The van der Waals surface area contributed by atoms with Crippen LogP contribution in [0.25, 0.3) is 0 Å². The summed E-state index contributed by atoms with van der Waals surface area (Å²) in [6.45, 7) is 7.99. The molecule has 0 spiro atoms. The van der Waals surface area contributed by atoms with Crippen LogP contribution in [-0.4, -0.2) is 81.3 Å². The zero-order valence-corrected chi connectivity index (χ0v) is 17.6. The molecule has 3 rings (SSSR count). The minimum absolute atomic E-state index is 0.000665. The van der Waals surface area contributed by atoms with Gasteiger partial charge in [0.1, 0.15) is 0 Å². The van der Waals surface area contributed by atoms with Crippen LogP contribution in [0.1, 0.15) is 51.2 Å². The highest BCUT2D eigenvalue weighted by Gasteiger charge is 2.34. The second-order valence-corrected chi connectivity index (χ2v) is 8.05. The molecule has 0 saturated carbocycles. The second-order valence-electron chi connectivity index (χ2n) is 8.05. The van der Waals surface area contributed by atoms with Gasteiger partial charge in [-0.3, -0.25) is 14.4 Å². The quantitative estimate of drug-likeness (QED) is 0.725. The van der Waals surface area contributed by atoms with E-state index in [2.05, 4.69) is 10.1 Å². The van der Waals surface area contributed by atoms with Gasteiger partial charge < -0.3 is 19.2 Å². The van der Waals surface area contributed by atoms with Crippen LogP contribution < -0.4 is 0 Å². The lowest BCUT2D eigenvalue weighted by atomic mass is 9.93. The minimum Gasteiger partial charge on any atom is -0.343 e. The van der Waals surface area contributed by atoms with Gasteiger partial charge in [0.05, 0.1) is 0 Å². The van der Waals surface area contributed by atoms with E-state index in [1.54, 1.807) is 25.7 Å². The molecule has 3 heterocycles. The van der Waals surface area contributed by atoms with Crippen molar-refractivity contribution in [3.05, 3.63) is 11.7 Å². The highest BCUT2D eigenvalue weighted by atomic mass is 16.5. The molecule has 1 atom stereocenters. The average Bonchev–Trinajstić information content (AvgIpc) is 3.12. The Kier molecular flexibility index (Phi) is 6.87. The third-order valence-electron chi connectivity index (χ3n) is 5.99. The molecule has 2 saturated heterocycles. The topological polar surface area (TPSA) is 99.9 Å². The zero-order valence-electron chi connectivity index (χ0n) is 17.6. The van der Waals surface area contributed by atoms with Crippen molar-refractivity contribution >= 4 is 17.7 Å². The Morgan fingerprint density at radius 1 is 1.10 bits per heavy atom. The minimum atomic E-state index is -0.0302. The summed E-state index contributed by atoms with van der Waals surface area (Å²) in [5, 5.41) is 3.90. The Balaban J connectivity index is 1.57. The average molecular weight is 405 g/mol. The maximum Gasteiger partial charge on any atom is 0.225 e. The predicted octanol–water partition coefficient (Wildman–Crippen LogP) is 1.02. The summed E-state index contributed by atoms with van der Waals surface area (Å²) >= 11 is 0. The van der Waals surface area contributed by atoms with Crippen LogP contribution in [0.15, 0.2) is 4.52 Å². The van der Waals surface area contributed by atoms with Gasteiger partial charge in [-0.25, -0.2) is 0 Å². The van der Waals surface area contributed by atoms with Crippen LogP contribution in [0.5, 0.6) is 0 Å². The van der Waals surface area contributed by atoms with E-state index in [4.69, 9.17) is 4.52 Å². The van der Waals surface area contributed by atoms with Gasteiger partial charge in [0.2, 0.25) is 23.6 Å². The van der Waals surface area contributed by atoms with Gasteiger partial charge in [-0.2, -0.15) is 4.98 Å². The summed E-state index contributed by atoms with van der Waals surface area (Å²) in [5.41, 5.74) is 0. The standard InChI is InChI=1S/C20H31N5O4/c1-14-21-19(22-29-14)8-12-25(16(3)27)18-5-4-9-24(13-18)20(28)17-6-10-23(11-7-17)15(2)26/h17-18H,4-13H2,1-3H3. The first-order chi connectivity index (χ1) is 13.8.